The maximum Gasteiger partial charge on any atom is 0.248 e. The molecule has 3 aromatic carbocycles. The Hall–Kier alpha value is -3.44. The van der Waals surface area contributed by atoms with Gasteiger partial charge in [-0.1, -0.05) is 48.0 Å². The fourth-order valence-electron chi connectivity index (χ4n) is 2.73. The van der Waals surface area contributed by atoms with Crippen LogP contribution in [0.4, 0.5) is 5.69 Å². The van der Waals surface area contributed by atoms with E-state index in [9.17, 15) is 4.79 Å². The maximum atomic E-state index is 12.2. The molecule has 0 saturated heterocycles. The highest BCUT2D eigenvalue weighted by atomic mass is 35.5. The molecule has 0 aliphatic carbocycles. The summed E-state index contributed by atoms with van der Waals surface area (Å²) in [5, 5.41) is 12.5. The topological polar surface area (TPSA) is 59.8 Å². The second-order valence-electron chi connectivity index (χ2n) is 6.36. The van der Waals surface area contributed by atoms with E-state index in [-0.39, 0.29) is 5.91 Å². The highest BCUT2D eigenvalue weighted by Gasteiger charge is 2.08. The Balaban J connectivity index is 1.53. The zero-order chi connectivity index (χ0) is 19.5. The Morgan fingerprint density at radius 2 is 1.79 bits per heavy atom. The third kappa shape index (κ3) is 3.94. The number of aromatic nitrogens is 3. The van der Waals surface area contributed by atoms with E-state index >= 15 is 0 Å². The minimum Gasteiger partial charge on any atom is -0.322 e. The van der Waals surface area contributed by atoms with Crippen molar-refractivity contribution in [1.29, 1.82) is 0 Å². The molecule has 0 radical (unpaired) electrons. The second-order valence-corrected chi connectivity index (χ2v) is 6.77. The first kappa shape index (κ1) is 17.9. The zero-order valence-corrected chi connectivity index (χ0v) is 15.9. The number of amides is 1. The van der Waals surface area contributed by atoms with E-state index < -0.39 is 0 Å². The minimum atomic E-state index is -0.207. The summed E-state index contributed by atoms with van der Waals surface area (Å²) in [6.45, 7) is 1.94. The van der Waals surface area contributed by atoms with Crippen molar-refractivity contribution in [3.8, 4) is 5.69 Å². The lowest BCUT2D eigenvalue weighted by Gasteiger charge is -2.02. The summed E-state index contributed by atoms with van der Waals surface area (Å²) in [4.78, 5) is 13.7. The van der Waals surface area contributed by atoms with Crippen molar-refractivity contribution in [2.24, 2.45) is 0 Å². The normalized spacial score (nSPS) is 11.2. The SMILES string of the molecule is Cc1ccc(-n2nc3ccc(NC(=O)/C=C\c4ccccc4)cc3n2)cc1Cl. The number of aryl methyl sites for hydroxylation is 1. The van der Waals surface area contributed by atoms with Crippen molar-refractivity contribution in [2.45, 2.75) is 6.92 Å². The molecule has 0 unspecified atom stereocenters. The predicted molar refractivity (Wildman–Crippen MR) is 113 cm³/mol. The number of hydrogen-bond donors (Lipinski definition) is 1. The smallest absolute Gasteiger partial charge is 0.248 e. The largest absolute Gasteiger partial charge is 0.322 e. The van der Waals surface area contributed by atoms with E-state index in [1.807, 2.05) is 61.5 Å². The molecular weight excluding hydrogens is 372 g/mol. The molecule has 1 amide bonds. The van der Waals surface area contributed by atoms with Crippen LogP contribution in [-0.2, 0) is 4.79 Å². The van der Waals surface area contributed by atoms with Crippen molar-refractivity contribution in [3.05, 3.63) is 89.0 Å². The first-order chi connectivity index (χ1) is 13.6. The van der Waals surface area contributed by atoms with Gasteiger partial charge < -0.3 is 5.32 Å². The molecule has 6 heteroatoms. The second kappa shape index (κ2) is 7.66. The van der Waals surface area contributed by atoms with Crippen LogP contribution in [0.5, 0.6) is 0 Å². The molecule has 0 atom stereocenters. The molecule has 1 N–H and O–H groups in total. The van der Waals surface area contributed by atoms with Gasteiger partial charge in [-0.15, -0.1) is 10.2 Å². The van der Waals surface area contributed by atoms with Gasteiger partial charge in [0.1, 0.15) is 11.0 Å². The van der Waals surface area contributed by atoms with Gasteiger partial charge in [-0.05, 0) is 54.5 Å². The van der Waals surface area contributed by atoms with E-state index in [4.69, 9.17) is 11.6 Å². The molecule has 28 heavy (non-hydrogen) atoms. The molecule has 0 fully saturated rings. The van der Waals surface area contributed by atoms with E-state index in [2.05, 4.69) is 15.5 Å². The standard InChI is InChI=1S/C22H17ClN4O/c1-15-7-10-18(14-19(15)23)27-25-20-11-9-17(13-21(20)26-27)24-22(28)12-8-16-5-3-2-4-6-16/h2-14H,1H3,(H,24,28)/b12-8-. The molecule has 4 aromatic rings. The lowest BCUT2D eigenvalue weighted by molar-refractivity contribution is -0.111. The van der Waals surface area contributed by atoms with Crippen LogP contribution < -0.4 is 5.32 Å². The number of anilines is 1. The van der Waals surface area contributed by atoms with Crippen molar-refractivity contribution < 1.29 is 4.79 Å². The number of rotatable bonds is 4. The van der Waals surface area contributed by atoms with Crippen LogP contribution in [0.2, 0.25) is 5.02 Å². The highest BCUT2D eigenvalue weighted by Crippen LogP contribution is 2.21. The molecule has 4 rings (SSSR count). The van der Waals surface area contributed by atoms with E-state index in [1.165, 1.54) is 10.9 Å². The minimum absolute atomic E-state index is 0.207. The number of nitrogens with one attached hydrogen (secondary N) is 1. The van der Waals surface area contributed by atoms with Gasteiger partial charge in [0, 0.05) is 16.8 Å². The fraction of sp³-hybridized carbons (Fsp3) is 0.0455. The first-order valence-electron chi connectivity index (χ1n) is 8.76. The van der Waals surface area contributed by atoms with E-state index in [1.54, 1.807) is 18.2 Å². The quantitative estimate of drug-likeness (QED) is 0.498. The Bertz CT molecular complexity index is 1180. The third-order valence-corrected chi connectivity index (χ3v) is 4.67. The Labute approximate surface area is 167 Å². The molecule has 0 aliphatic heterocycles. The van der Waals surface area contributed by atoms with Crippen LogP contribution in [0, 0.1) is 6.92 Å². The predicted octanol–water partition coefficient (Wildman–Crippen LogP) is 5.03. The van der Waals surface area contributed by atoms with E-state index in [0.717, 1.165) is 22.3 Å². The lowest BCUT2D eigenvalue weighted by Crippen LogP contribution is -2.07. The molecule has 1 aromatic heterocycles. The van der Waals surface area contributed by atoms with Gasteiger partial charge in [-0.3, -0.25) is 4.79 Å². The summed E-state index contributed by atoms with van der Waals surface area (Å²) in [6.07, 6.45) is 3.27. The van der Waals surface area contributed by atoms with Crippen molar-refractivity contribution in [1.82, 2.24) is 15.0 Å². The Morgan fingerprint density at radius 3 is 2.57 bits per heavy atom. The molecule has 0 bridgehead atoms. The highest BCUT2D eigenvalue weighted by molar-refractivity contribution is 6.31. The molecule has 0 spiro atoms. The molecule has 5 nitrogen and oxygen atoms in total. The van der Waals surface area contributed by atoms with Gasteiger partial charge in [0.25, 0.3) is 0 Å². The first-order valence-corrected chi connectivity index (χ1v) is 9.14. The number of carbonyl (C=O) groups is 1. The third-order valence-electron chi connectivity index (χ3n) is 4.26. The Morgan fingerprint density at radius 1 is 1.00 bits per heavy atom. The van der Waals surface area contributed by atoms with Gasteiger partial charge in [0.05, 0.1) is 5.69 Å². The molecular formula is C22H17ClN4O. The van der Waals surface area contributed by atoms with Gasteiger partial charge in [0.15, 0.2) is 0 Å². The summed E-state index contributed by atoms with van der Waals surface area (Å²) in [5.74, 6) is -0.207. The molecule has 1 heterocycles. The van der Waals surface area contributed by atoms with Crippen molar-refractivity contribution >= 4 is 40.3 Å². The number of hydrogen-bond acceptors (Lipinski definition) is 3. The fourth-order valence-corrected chi connectivity index (χ4v) is 2.91. The van der Waals surface area contributed by atoms with Gasteiger partial charge >= 0.3 is 0 Å². The number of fused-ring (bicyclic) bond motifs is 1. The van der Waals surface area contributed by atoms with E-state index in [0.29, 0.717) is 16.2 Å². The van der Waals surface area contributed by atoms with Gasteiger partial charge in [0.2, 0.25) is 5.91 Å². The van der Waals surface area contributed by atoms with Crippen LogP contribution in [0.1, 0.15) is 11.1 Å². The van der Waals surface area contributed by atoms with Crippen molar-refractivity contribution in [3.63, 3.8) is 0 Å². The van der Waals surface area contributed by atoms with Crippen LogP contribution in [0.3, 0.4) is 0 Å². The Kier molecular flexibility index (Phi) is 4.91. The lowest BCUT2D eigenvalue weighted by atomic mass is 10.2. The summed E-state index contributed by atoms with van der Waals surface area (Å²) in [7, 11) is 0. The van der Waals surface area contributed by atoms with Crippen LogP contribution in [0.25, 0.3) is 22.8 Å². The van der Waals surface area contributed by atoms with Crippen molar-refractivity contribution in [2.75, 3.05) is 5.32 Å². The average Bonchev–Trinajstić information content (AvgIpc) is 3.13. The molecule has 138 valence electrons. The van der Waals surface area contributed by atoms with Gasteiger partial charge in [-0.2, -0.15) is 4.80 Å². The number of halogens is 1. The summed E-state index contributed by atoms with van der Waals surface area (Å²) in [6, 6.07) is 20.7. The van der Waals surface area contributed by atoms with Crippen LogP contribution >= 0.6 is 11.6 Å². The molecule has 0 saturated carbocycles. The zero-order valence-electron chi connectivity index (χ0n) is 15.1. The molecule has 0 aliphatic rings. The monoisotopic (exact) mass is 388 g/mol. The number of nitrogens with zero attached hydrogens (tertiary/aromatic N) is 3. The van der Waals surface area contributed by atoms with Crippen LogP contribution in [-0.4, -0.2) is 20.9 Å². The van der Waals surface area contributed by atoms with Crippen LogP contribution in [0.15, 0.2) is 72.8 Å². The number of benzene rings is 3. The summed E-state index contributed by atoms with van der Waals surface area (Å²) in [5.41, 5.74) is 4.81. The summed E-state index contributed by atoms with van der Waals surface area (Å²) < 4.78 is 0. The van der Waals surface area contributed by atoms with Gasteiger partial charge in [-0.25, -0.2) is 0 Å². The average molecular weight is 389 g/mol. The summed E-state index contributed by atoms with van der Waals surface area (Å²) >= 11 is 6.20. The maximum absolute atomic E-state index is 12.2. The number of carbonyl (C=O) groups excluding carboxylic acids is 1.